The minimum Gasteiger partial charge on any atom is -0.462 e. The predicted molar refractivity (Wildman–Crippen MR) is 368 cm³/mol. The van der Waals surface area contributed by atoms with Crippen LogP contribution in [0, 0.1) is 11.8 Å². The van der Waals surface area contributed by atoms with Crippen LogP contribution in [0.1, 0.15) is 369 Å². The first-order valence-corrected chi connectivity index (χ1v) is 40.5. The second-order valence-corrected chi connectivity index (χ2v) is 29.8. The Hall–Kier alpha value is -1.94. The molecule has 0 aliphatic rings. The molecule has 0 bridgehead atoms. The number of hydrogen-bond donors (Lipinski definition) is 3. The fourth-order valence-electron chi connectivity index (χ4n) is 10.9. The van der Waals surface area contributed by atoms with Crippen LogP contribution in [0.3, 0.4) is 0 Å². The van der Waals surface area contributed by atoms with Gasteiger partial charge in [-0.25, -0.2) is 9.13 Å². The van der Waals surface area contributed by atoms with E-state index in [4.69, 9.17) is 37.0 Å². The molecule has 0 aromatic heterocycles. The maximum absolute atomic E-state index is 13.0. The van der Waals surface area contributed by atoms with E-state index in [-0.39, 0.29) is 25.7 Å². The van der Waals surface area contributed by atoms with Crippen molar-refractivity contribution in [2.75, 3.05) is 39.6 Å². The smallest absolute Gasteiger partial charge is 0.462 e. The highest BCUT2D eigenvalue weighted by atomic mass is 31.2. The molecule has 0 aromatic carbocycles. The molecule has 0 aromatic rings. The van der Waals surface area contributed by atoms with Crippen molar-refractivity contribution in [3.8, 4) is 0 Å². The minimum absolute atomic E-state index is 0.107. The number of aliphatic hydroxyl groups excluding tert-OH is 1. The molecule has 19 heteroatoms. The first kappa shape index (κ1) is 89.1. The standard InChI is InChI=1S/C72H140O17P2/c1-7-9-11-13-15-17-19-25-29-36-42-48-54-69(74)82-60-67(88-72(77)57-51-45-39-31-27-23-21-22-24-28-34-40-46-52-64(3)4)62-86-90(78,79)84-58-66(73)59-85-91(80,81)87-63-68(61-83-70(75)55-49-43-37-33-32-35-41-47-53-65(5)6)89-71(76)56-50-44-38-30-26-20-18-16-14-12-10-8-2/h64-68,73H,7-63H2,1-6H3,(H,78,79)(H,80,81)/t66-,67-,68-/m1/s1. The van der Waals surface area contributed by atoms with Crippen LogP contribution in [0.2, 0.25) is 0 Å². The number of esters is 4. The van der Waals surface area contributed by atoms with Crippen molar-refractivity contribution in [2.45, 2.75) is 387 Å². The Labute approximate surface area is 556 Å². The molecule has 91 heavy (non-hydrogen) atoms. The summed E-state index contributed by atoms with van der Waals surface area (Å²) >= 11 is 0. The van der Waals surface area contributed by atoms with Gasteiger partial charge in [0.25, 0.3) is 0 Å². The lowest BCUT2D eigenvalue weighted by Crippen LogP contribution is -2.30. The van der Waals surface area contributed by atoms with Gasteiger partial charge in [-0.05, 0) is 37.5 Å². The summed E-state index contributed by atoms with van der Waals surface area (Å²) in [6.45, 7) is 9.55. The molecular formula is C72H140O17P2. The highest BCUT2D eigenvalue weighted by Crippen LogP contribution is 2.45. The molecule has 17 nitrogen and oxygen atoms in total. The SMILES string of the molecule is CCCCCCCCCCCCCCC(=O)OC[C@H](COP(=O)(O)OC[C@@H](O)COP(=O)(O)OC[C@@H](COC(=O)CCCCCCCCCCC(C)C)OC(=O)CCCCCCCCCCCCCC)OC(=O)CCCCCCCCCCCCCCCC(C)C. The van der Waals surface area contributed by atoms with E-state index >= 15 is 0 Å². The van der Waals surface area contributed by atoms with Crippen molar-refractivity contribution in [2.24, 2.45) is 11.8 Å². The third-order valence-electron chi connectivity index (χ3n) is 16.7. The Bertz CT molecular complexity index is 1770. The Morgan fingerprint density at radius 2 is 0.505 bits per heavy atom. The monoisotopic (exact) mass is 1340 g/mol. The fourth-order valence-corrected chi connectivity index (χ4v) is 12.5. The fraction of sp³-hybridized carbons (Fsp3) is 0.944. The van der Waals surface area contributed by atoms with Crippen molar-refractivity contribution >= 4 is 39.5 Å². The van der Waals surface area contributed by atoms with E-state index < -0.39 is 97.5 Å². The maximum Gasteiger partial charge on any atom is 0.472 e. The molecule has 3 N–H and O–H groups in total. The number of phosphoric ester groups is 2. The molecule has 0 rings (SSSR count). The average Bonchev–Trinajstić information content (AvgIpc) is 2.71. The van der Waals surface area contributed by atoms with Gasteiger partial charge in [0.15, 0.2) is 12.2 Å². The Kier molecular flexibility index (Phi) is 62.7. The van der Waals surface area contributed by atoms with Crippen LogP contribution >= 0.6 is 15.6 Å². The van der Waals surface area contributed by atoms with Gasteiger partial charge in [-0.3, -0.25) is 37.3 Å². The summed E-state index contributed by atoms with van der Waals surface area (Å²) in [4.78, 5) is 72.6. The number of phosphoric acid groups is 2. The van der Waals surface area contributed by atoms with E-state index in [0.29, 0.717) is 25.7 Å². The van der Waals surface area contributed by atoms with Crippen LogP contribution in [0.15, 0.2) is 0 Å². The molecule has 0 fully saturated rings. The number of aliphatic hydroxyl groups is 1. The first-order valence-electron chi connectivity index (χ1n) is 37.5. The maximum atomic E-state index is 13.0. The Morgan fingerprint density at radius 3 is 0.747 bits per heavy atom. The topological polar surface area (TPSA) is 237 Å². The van der Waals surface area contributed by atoms with Gasteiger partial charge in [0.2, 0.25) is 0 Å². The number of carbonyl (C=O) groups is 4. The highest BCUT2D eigenvalue weighted by Gasteiger charge is 2.30. The number of ether oxygens (including phenoxy) is 4. The normalized spacial score (nSPS) is 14.1. The summed E-state index contributed by atoms with van der Waals surface area (Å²) < 4.78 is 68.4. The van der Waals surface area contributed by atoms with Crippen LogP contribution in [-0.2, 0) is 65.4 Å². The van der Waals surface area contributed by atoms with Gasteiger partial charge >= 0.3 is 39.5 Å². The van der Waals surface area contributed by atoms with Gasteiger partial charge in [-0.2, -0.15) is 0 Å². The third-order valence-corrected chi connectivity index (χ3v) is 18.6. The van der Waals surface area contributed by atoms with Crippen LogP contribution in [-0.4, -0.2) is 96.7 Å². The zero-order valence-electron chi connectivity index (χ0n) is 59.1. The summed E-state index contributed by atoms with van der Waals surface area (Å²) in [5, 5.41) is 10.6. The van der Waals surface area contributed by atoms with Gasteiger partial charge in [-0.15, -0.1) is 0 Å². The number of rotatable bonds is 71. The van der Waals surface area contributed by atoms with Crippen molar-refractivity contribution in [1.82, 2.24) is 0 Å². The Morgan fingerprint density at radius 1 is 0.297 bits per heavy atom. The first-order chi connectivity index (χ1) is 43.9. The molecule has 0 heterocycles. The summed E-state index contributed by atoms with van der Waals surface area (Å²) in [7, 11) is -9.90. The lowest BCUT2D eigenvalue weighted by Gasteiger charge is -2.21. The highest BCUT2D eigenvalue weighted by molar-refractivity contribution is 7.47. The average molecular weight is 1340 g/mol. The molecule has 2 unspecified atom stereocenters. The van der Waals surface area contributed by atoms with Crippen LogP contribution in [0.4, 0.5) is 0 Å². The van der Waals surface area contributed by atoms with Crippen molar-refractivity contribution in [3.05, 3.63) is 0 Å². The number of carbonyl (C=O) groups excluding carboxylic acids is 4. The zero-order chi connectivity index (χ0) is 67.2. The lowest BCUT2D eigenvalue weighted by molar-refractivity contribution is -0.161. The number of hydrogen-bond acceptors (Lipinski definition) is 15. The third kappa shape index (κ3) is 66.5. The number of unbranched alkanes of at least 4 members (excludes halogenated alkanes) is 41. The van der Waals surface area contributed by atoms with Gasteiger partial charge < -0.3 is 33.8 Å². The molecular weight excluding hydrogens is 1200 g/mol. The van der Waals surface area contributed by atoms with E-state index in [2.05, 4.69) is 41.5 Å². The summed E-state index contributed by atoms with van der Waals surface area (Å²) in [5.74, 6) is -0.606. The molecule has 5 atom stereocenters. The van der Waals surface area contributed by atoms with E-state index in [0.717, 1.165) is 102 Å². The van der Waals surface area contributed by atoms with Gasteiger partial charge in [0.05, 0.1) is 26.4 Å². The molecule has 0 saturated carbocycles. The van der Waals surface area contributed by atoms with E-state index in [1.165, 1.54) is 186 Å². The largest absolute Gasteiger partial charge is 0.472 e. The van der Waals surface area contributed by atoms with Crippen molar-refractivity contribution < 1.29 is 80.2 Å². The van der Waals surface area contributed by atoms with E-state index in [9.17, 15) is 43.2 Å². The van der Waals surface area contributed by atoms with Crippen LogP contribution < -0.4 is 0 Å². The zero-order valence-corrected chi connectivity index (χ0v) is 60.9. The molecule has 0 spiro atoms. The lowest BCUT2D eigenvalue weighted by atomic mass is 10.0. The summed E-state index contributed by atoms with van der Waals surface area (Å²) in [6, 6.07) is 0. The molecule has 0 aliphatic carbocycles. The van der Waals surface area contributed by atoms with E-state index in [1.807, 2.05) is 0 Å². The van der Waals surface area contributed by atoms with Gasteiger partial charge in [-0.1, -0.05) is 318 Å². The second kappa shape index (κ2) is 64.1. The van der Waals surface area contributed by atoms with Crippen LogP contribution in [0.25, 0.3) is 0 Å². The van der Waals surface area contributed by atoms with Crippen molar-refractivity contribution in [1.29, 1.82) is 0 Å². The Balaban J connectivity index is 5.25. The summed E-state index contributed by atoms with van der Waals surface area (Å²) in [6.07, 6.45) is 49.8. The molecule has 0 saturated heterocycles. The second-order valence-electron chi connectivity index (χ2n) is 26.9. The summed E-state index contributed by atoms with van der Waals surface area (Å²) in [5.41, 5.74) is 0. The molecule has 0 radical (unpaired) electrons. The predicted octanol–water partition coefficient (Wildman–Crippen LogP) is 20.8. The van der Waals surface area contributed by atoms with Gasteiger partial charge in [0.1, 0.15) is 19.3 Å². The minimum atomic E-state index is -4.95. The van der Waals surface area contributed by atoms with E-state index in [1.54, 1.807) is 0 Å². The quantitative estimate of drug-likeness (QED) is 0.0222. The van der Waals surface area contributed by atoms with Crippen molar-refractivity contribution in [3.63, 3.8) is 0 Å². The molecule has 0 aliphatic heterocycles. The molecule has 540 valence electrons. The molecule has 0 amide bonds. The van der Waals surface area contributed by atoms with Crippen LogP contribution in [0.5, 0.6) is 0 Å². The van der Waals surface area contributed by atoms with Gasteiger partial charge in [0, 0.05) is 25.7 Å².